The molecule has 4 rings (SSSR count). The smallest absolute Gasteiger partial charge is 0.334 e. The van der Waals surface area contributed by atoms with E-state index in [2.05, 4.69) is 19.9 Å². The Hall–Kier alpha value is -2.63. The van der Waals surface area contributed by atoms with E-state index >= 15 is 0 Å². The Morgan fingerprint density at radius 2 is 2.00 bits per heavy atom. The standard InChI is InChI=1S/C17H14Cl2F2N6O2S/c1-2-9-5-23-26(8-9)15-11(18)4-3-10-13(7-22-14(10)15)30(28,29)25-12-6-24-27(16(12)19)17(20)21/h3-8,17,22,25H,2H2,1H3. The van der Waals surface area contributed by atoms with Crippen LogP contribution in [0.15, 0.2) is 41.8 Å². The summed E-state index contributed by atoms with van der Waals surface area (Å²) in [5.74, 6) is 0. The highest BCUT2D eigenvalue weighted by molar-refractivity contribution is 7.93. The Kier molecular flexibility index (Phi) is 5.20. The maximum Gasteiger partial charge on any atom is 0.334 e. The number of aromatic nitrogens is 5. The van der Waals surface area contributed by atoms with Crippen molar-refractivity contribution < 1.29 is 17.2 Å². The molecule has 0 aliphatic carbocycles. The predicted octanol–water partition coefficient (Wildman–Crippen LogP) is 4.62. The zero-order valence-electron chi connectivity index (χ0n) is 15.3. The number of alkyl halides is 2. The summed E-state index contributed by atoms with van der Waals surface area (Å²) in [4.78, 5) is 2.80. The number of fused-ring (bicyclic) bond motifs is 1. The molecule has 0 amide bonds. The Morgan fingerprint density at radius 1 is 1.23 bits per heavy atom. The molecule has 8 nitrogen and oxygen atoms in total. The lowest BCUT2D eigenvalue weighted by molar-refractivity contribution is 0.0570. The molecule has 30 heavy (non-hydrogen) atoms. The molecule has 0 aliphatic heterocycles. The van der Waals surface area contributed by atoms with Crippen LogP contribution in [0.1, 0.15) is 19.0 Å². The Morgan fingerprint density at radius 3 is 2.63 bits per heavy atom. The summed E-state index contributed by atoms with van der Waals surface area (Å²) in [5.41, 5.74) is 1.65. The summed E-state index contributed by atoms with van der Waals surface area (Å²) in [5, 5.41) is 7.86. The minimum Gasteiger partial charge on any atom is -0.358 e. The number of aryl methyl sites for hydroxylation is 1. The van der Waals surface area contributed by atoms with Crippen LogP contribution in [-0.4, -0.2) is 33.0 Å². The van der Waals surface area contributed by atoms with E-state index in [-0.39, 0.29) is 15.3 Å². The Bertz CT molecular complexity index is 1350. The highest BCUT2D eigenvalue weighted by Gasteiger charge is 2.25. The van der Waals surface area contributed by atoms with Gasteiger partial charge in [0.15, 0.2) is 5.15 Å². The van der Waals surface area contributed by atoms with E-state index in [0.29, 0.717) is 21.6 Å². The number of aromatic amines is 1. The molecule has 2 N–H and O–H groups in total. The van der Waals surface area contributed by atoms with Crippen molar-refractivity contribution in [3.05, 3.63) is 52.7 Å². The number of anilines is 1. The van der Waals surface area contributed by atoms with Gasteiger partial charge in [-0.15, -0.1) is 0 Å². The molecule has 0 spiro atoms. The molecule has 0 unspecified atom stereocenters. The van der Waals surface area contributed by atoms with Crippen LogP contribution in [0.2, 0.25) is 10.2 Å². The van der Waals surface area contributed by atoms with E-state index in [0.717, 1.165) is 18.2 Å². The first-order chi connectivity index (χ1) is 14.2. The van der Waals surface area contributed by atoms with Gasteiger partial charge in [-0.2, -0.15) is 23.7 Å². The minimum atomic E-state index is -4.18. The Balaban J connectivity index is 1.79. The fraction of sp³-hybridized carbons (Fsp3) is 0.176. The molecule has 0 fully saturated rings. The van der Waals surface area contributed by atoms with E-state index in [4.69, 9.17) is 23.2 Å². The van der Waals surface area contributed by atoms with E-state index in [1.54, 1.807) is 29.2 Å². The molecule has 3 heterocycles. The maximum atomic E-state index is 12.9. The van der Waals surface area contributed by atoms with Crippen molar-refractivity contribution in [2.24, 2.45) is 0 Å². The number of H-pyrrole nitrogens is 1. The molecule has 0 bridgehead atoms. The van der Waals surface area contributed by atoms with E-state index < -0.39 is 21.7 Å². The first kappa shape index (κ1) is 20.6. The SMILES string of the molecule is CCc1cnn(-c2c(Cl)ccc3c(S(=O)(=O)Nc4cnn(C(F)F)c4Cl)c[nH]c23)c1. The molecular weight excluding hydrogens is 461 g/mol. The van der Waals surface area contributed by atoms with Gasteiger partial charge in [0.1, 0.15) is 16.3 Å². The van der Waals surface area contributed by atoms with Crippen LogP contribution < -0.4 is 4.72 Å². The first-order valence-corrected chi connectivity index (χ1v) is 10.8. The van der Waals surface area contributed by atoms with Gasteiger partial charge in [-0.05, 0) is 24.1 Å². The molecule has 1 aromatic carbocycles. The quantitative estimate of drug-likeness (QED) is 0.426. The third-order valence-electron chi connectivity index (χ3n) is 4.47. The van der Waals surface area contributed by atoms with E-state index in [1.807, 2.05) is 6.92 Å². The van der Waals surface area contributed by atoms with Crippen LogP contribution in [0.5, 0.6) is 0 Å². The average molecular weight is 475 g/mol. The second-order valence-electron chi connectivity index (χ2n) is 6.29. The number of nitrogens with one attached hydrogen (secondary N) is 2. The van der Waals surface area contributed by atoms with Crippen molar-refractivity contribution in [3.8, 4) is 5.69 Å². The third-order valence-corrected chi connectivity index (χ3v) is 6.56. The van der Waals surface area contributed by atoms with Gasteiger partial charge in [0.25, 0.3) is 10.0 Å². The lowest BCUT2D eigenvalue weighted by atomic mass is 10.2. The van der Waals surface area contributed by atoms with Gasteiger partial charge in [-0.3, -0.25) is 4.72 Å². The largest absolute Gasteiger partial charge is 0.358 e. The summed E-state index contributed by atoms with van der Waals surface area (Å²) in [6.45, 7) is -1.02. The van der Waals surface area contributed by atoms with Gasteiger partial charge >= 0.3 is 6.55 Å². The zero-order chi connectivity index (χ0) is 21.6. The summed E-state index contributed by atoms with van der Waals surface area (Å²) >= 11 is 12.2. The summed E-state index contributed by atoms with van der Waals surface area (Å²) in [6.07, 6.45) is 6.46. The van der Waals surface area contributed by atoms with Gasteiger partial charge in [-0.1, -0.05) is 30.1 Å². The van der Waals surface area contributed by atoms with Crippen LogP contribution in [0.3, 0.4) is 0 Å². The number of hydrogen-bond donors (Lipinski definition) is 2. The van der Waals surface area contributed by atoms with Crippen molar-refractivity contribution in [3.63, 3.8) is 0 Å². The van der Waals surface area contributed by atoms with Gasteiger partial charge in [0.05, 0.1) is 22.9 Å². The van der Waals surface area contributed by atoms with Crippen LogP contribution in [0.25, 0.3) is 16.6 Å². The fourth-order valence-corrected chi connectivity index (χ4v) is 4.73. The first-order valence-electron chi connectivity index (χ1n) is 8.60. The number of hydrogen-bond acceptors (Lipinski definition) is 4. The second-order valence-corrected chi connectivity index (χ2v) is 8.71. The number of benzene rings is 1. The number of rotatable bonds is 6. The third kappa shape index (κ3) is 3.42. The molecular formula is C17H14Cl2F2N6O2S. The summed E-state index contributed by atoms with van der Waals surface area (Å²) in [6, 6.07) is 3.10. The monoisotopic (exact) mass is 474 g/mol. The van der Waals surface area contributed by atoms with Gasteiger partial charge < -0.3 is 4.98 Å². The number of sulfonamides is 1. The topological polar surface area (TPSA) is 97.6 Å². The Labute approximate surface area is 179 Å². The molecule has 3 aromatic heterocycles. The van der Waals surface area contributed by atoms with Gasteiger partial charge in [0, 0.05) is 17.8 Å². The molecule has 0 radical (unpaired) electrons. The van der Waals surface area contributed by atoms with Crippen molar-refractivity contribution in [1.29, 1.82) is 0 Å². The van der Waals surface area contributed by atoms with Crippen molar-refractivity contribution in [2.75, 3.05) is 4.72 Å². The van der Waals surface area contributed by atoms with Crippen molar-refractivity contribution >= 4 is 49.8 Å². The zero-order valence-corrected chi connectivity index (χ0v) is 17.6. The predicted molar refractivity (Wildman–Crippen MR) is 109 cm³/mol. The molecule has 0 aliphatic rings. The molecule has 0 saturated carbocycles. The lowest BCUT2D eigenvalue weighted by Crippen LogP contribution is -2.12. The van der Waals surface area contributed by atoms with Gasteiger partial charge in [-0.25, -0.2) is 13.1 Å². The molecule has 0 saturated heterocycles. The average Bonchev–Trinajstić information content (AvgIpc) is 3.40. The van der Waals surface area contributed by atoms with Crippen molar-refractivity contribution in [2.45, 2.75) is 24.8 Å². The number of nitrogens with zero attached hydrogens (tertiary/aromatic N) is 4. The fourth-order valence-electron chi connectivity index (χ4n) is 3.00. The molecule has 4 aromatic rings. The summed E-state index contributed by atoms with van der Waals surface area (Å²) in [7, 11) is -4.18. The van der Waals surface area contributed by atoms with E-state index in [9.17, 15) is 17.2 Å². The van der Waals surface area contributed by atoms with Crippen LogP contribution in [-0.2, 0) is 16.4 Å². The highest BCUT2D eigenvalue weighted by Crippen LogP contribution is 2.34. The van der Waals surface area contributed by atoms with Crippen LogP contribution in [0.4, 0.5) is 14.5 Å². The summed E-state index contributed by atoms with van der Waals surface area (Å²) < 4.78 is 55.5. The van der Waals surface area contributed by atoms with Gasteiger partial charge in [0.2, 0.25) is 0 Å². The number of halogens is 4. The molecule has 13 heteroatoms. The van der Waals surface area contributed by atoms with Crippen LogP contribution in [0, 0.1) is 0 Å². The second kappa shape index (κ2) is 7.56. The van der Waals surface area contributed by atoms with Crippen LogP contribution >= 0.6 is 23.2 Å². The van der Waals surface area contributed by atoms with Crippen molar-refractivity contribution in [1.82, 2.24) is 24.5 Å². The normalized spacial score (nSPS) is 12.2. The molecule has 0 atom stereocenters. The highest BCUT2D eigenvalue weighted by atomic mass is 35.5. The van der Waals surface area contributed by atoms with E-state index in [1.165, 1.54) is 6.20 Å². The maximum absolute atomic E-state index is 12.9. The minimum absolute atomic E-state index is 0.112. The molecule has 158 valence electrons. The lowest BCUT2D eigenvalue weighted by Gasteiger charge is -2.08.